The van der Waals surface area contributed by atoms with Gasteiger partial charge in [-0.25, -0.2) is 0 Å². The fraction of sp³-hybridized carbons (Fsp3) is 0.909. The van der Waals surface area contributed by atoms with Crippen molar-refractivity contribution in [1.82, 2.24) is 10.2 Å². The second-order valence-corrected chi connectivity index (χ2v) is 4.31. The molecule has 2 unspecified atom stereocenters. The van der Waals surface area contributed by atoms with E-state index in [1.165, 1.54) is 0 Å². The van der Waals surface area contributed by atoms with Crippen molar-refractivity contribution in [2.24, 2.45) is 0 Å². The Bertz CT molecular complexity index is 233. The standard InChI is InChI=1S/C11H22N2O2/c1-5-9(7-15-4)13-8-12-11(3,6-2)10(13)14/h9,12H,5-8H2,1-4H3. The van der Waals surface area contributed by atoms with Gasteiger partial charge in [0.1, 0.15) is 0 Å². The van der Waals surface area contributed by atoms with E-state index in [1.54, 1.807) is 7.11 Å². The van der Waals surface area contributed by atoms with Gasteiger partial charge in [0.05, 0.1) is 24.9 Å². The highest BCUT2D eigenvalue weighted by molar-refractivity contribution is 5.88. The number of hydrogen-bond acceptors (Lipinski definition) is 3. The van der Waals surface area contributed by atoms with E-state index in [-0.39, 0.29) is 17.5 Å². The lowest BCUT2D eigenvalue weighted by Crippen LogP contribution is -2.45. The van der Waals surface area contributed by atoms with Crippen LogP contribution >= 0.6 is 0 Å². The third-order valence-electron chi connectivity index (χ3n) is 3.35. The van der Waals surface area contributed by atoms with Crippen LogP contribution in [0.3, 0.4) is 0 Å². The van der Waals surface area contributed by atoms with Crippen molar-refractivity contribution in [3.8, 4) is 0 Å². The summed E-state index contributed by atoms with van der Waals surface area (Å²) in [5.74, 6) is 0.203. The molecular weight excluding hydrogens is 192 g/mol. The highest BCUT2D eigenvalue weighted by atomic mass is 16.5. The summed E-state index contributed by atoms with van der Waals surface area (Å²) in [6.45, 7) is 7.34. The number of nitrogens with zero attached hydrogens (tertiary/aromatic N) is 1. The normalized spacial score (nSPS) is 28.5. The fourth-order valence-corrected chi connectivity index (χ4v) is 1.92. The van der Waals surface area contributed by atoms with Crippen LogP contribution in [0.2, 0.25) is 0 Å². The Morgan fingerprint density at radius 3 is 2.67 bits per heavy atom. The Hall–Kier alpha value is -0.610. The lowest BCUT2D eigenvalue weighted by molar-refractivity contribution is -0.134. The van der Waals surface area contributed by atoms with Crippen molar-refractivity contribution in [1.29, 1.82) is 0 Å². The van der Waals surface area contributed by atoms with Gasteiger partial charge >= 0.3 is 0 Å². The molecule has 0 aromatic rings. The van der Waals surface area contributed by atoms with Crippen LogP contribution in [0.1, 0.15) is 33.6 Å². The van der Waals surface area contributed by atoms with Gasteiger partial charge in [-0.05, 0) is 19.8 Å². The number of hydrogen-bond donors (Lipinski definition) is 1. The molecule has 4 heteroatoms. The summed E-state index contributed by atoms with van der Waals surface area (Å²) in [4.78, 5) is 14.0. The molecule has 1 rings (SSSR count). The van der Waals surface area contributed by atoms with Gasteiger partial charge in [-0.3, -0.25) is 10.1 Å². The van der Waals surface area contributed by atoms with Crippen molar-refractivity contribution in [3.05, 3.63) is 0 Å². The van der Waals surface area contributed by atoms with Crippen molar-refractivity contribution in [3.63, 3.8) is 0 Å². The molecule has 1 saturated heterocycles. The van der Waals surface area contributed by atoms with Gasteiger partial charge in [0.2, 0.25) is 5.91 Å². The molecule has 0 bridgehead atoms. The fourth-order valence-electron chi connectivity index (χ4n) is 1.92. The van der Waals surface area contributed by atoms with Crippen LogP contribution in [-0.2, 0) is 9.53 Å². The van der Waals surface area contributed by atoms with Gasteiger partial charge in [-0.1, -0.05) is 13.8 Å². The van der Waals surface area contributed by atoms with E-state index in [9.17, 15) is 4.79 Å². The summed E-state index contributed by atoms with van der Waals surface area (Å²) >= 11 is 0. The van der Waals surface area contributed by atoms with E-state index in [0.717, 1.165) is 12.8 Å². The Kier molecular flexibility index (Phi) is 4.11. The minimum atomic E-state index is -0.374. The molecule has 0 aromatic heterocycles. The summed E-state index contributed by atoms with van der Waals surface area (Å²) in [6, 6.07) is 0.198. The number of nitrogens with one attached hydrogen (secondary N) is 1. The molecule has 1 heterocycles. The zero-order valence-electron chi connectivity index (χ0n) is 10.2. The monoisotopic (exact) mass is 214 g/mol. The molecule has 1 N–H and O–H groups in total. The van der Waals surface area contributed by atoms with Crippen LogP contribution < -0.4 is 5.32 Å². The summed E-state index contributed by atoms with van der Waals surface area (Å²) in [6.07, 6.45) is 1.76. The molecule has 0 aromatic carbocycles. The molecule has 15 heavy (non-hydrogen) atoms. The van der Waals surface area contributed by atoms with Crippen LogP contribution in [0.15, 0.2) is 0 Å². The van der Waals surface area contributed by atoms with E-state index >= 15 is 0 Å². The van der Waals surface area contributed by atoms with Gasteiger partial charge in [0, 0.05) is 7.11 Å². The number of rotatable bonds is 5. The molecule has 1 aliphatic heterocycles. The average Bonchev–Trinajstić information content (AvgIpc) is 2.54. The molecule has 1 fully saturated rings. The van der Waals surface area contributed by atoms with Crippen molar-refractivity contribution in [2.45, 2.75) is 45.2 Å². The molecule has 1 amide bonds. The summed E-state index contributed by atoms with van der Waals surface area (Å²) in [5, 5.41) is 3.28. The number of carbonyl (C=O) groups excluding carboxylic acids is 1. The van der Waals surface area contributed by atoms with Gasteiger partial charge in [0.25, 0.3) is 0 Å². The lowest BCUT2D eigenvalue weighted by atomic mass is 9.99. The smallest absolute Gasteiger partial charge is 0.243 e. The lowest BCUT2D eigenvalue weighted by Gasteiger charge is -2.27. The summed E-state index contributed by atoms with van der Waals surface area (Å²) < 4.78 is 5.14. The van der Waals surface area contributed by atoms with E-state index < -0.39 is 0 Å². The maximum absolute atomic E-state index is 12.1. The second-order valence-electron chi connectivity index (χ2n) is 4.31. The minimum Gasteiger partial charge on any atom is -0.383 e. The van der Waals surface area contributed by atoms with E-state index in [4.69, 9.17) is 4.74 Å². The van der Waals surface area contributed by atoms with Gasteiger partial charge in [0.15, 0.2) is 0 Å². The molecule has 4 nitrogen and oxygen atoms in total. The molecule has 0 radical (unpaired) electrons. The van der Waals surface area contributed by atoms with E-state index in [2.05, 4.69) is 12.2 Å². The highest BCUT2D eigenvalue weighted by Gasteiger charge is 2.42. The number of carbonyl (C=O) groups is 1. The van der Waals surface area contributed by atoms with Crippen LogP contribution in [0.25, 0.3) is 0 Å². The first-order chi connectivity index (χ1) is 7.09. The SMILES string of the molecule is CCC(COC)N1CNC(C)(CC)C1=O. The average molecular weight is 214 g/mol. The second kappa shape index (κ2) is 4.94. The largest absolute Gasteiger partial charge is 0.383 e. The molecule has 0 spiro atoms. The Morgan fingerprint density at radius 2 is 2.27 bits per heavy atom. The quantitative estimate of drug-likeness (QED) is 0.741. The van der Waals surface area contributed by atoms with Crippen LogP contribution in [0.4, 0.5) is 0 Å². The predicted molar refractivity (Wildman–Crippen MR) is 59.5 cm³/mol. The van der Waals surface area contributed by atoms with Crippen LogP contribution in [0, 0.1) is 0 Å². The number of methoxy groups -OCH3 is 1. The highest BCUT2D eigenvalue weighted by Crippen LogP contribution is 2.22. The number of amides is 1. The Labute approximate surface area is 92.0 Å². The third-order valence-corrected chi connectivity index (χ3v) is 3.35. The Morgan fingerprint density at radius 1 is 1.60 bits per heavy atom. The first-order valence-electron chi connectivity index (χ1n) is 5.64. The molecule has 0 aliphatic carbocycles. The van der Waals surface area contributed by atoms with Crippen LogP contribution in [-0.4, -0.2) is 42.8 Å². The van der Waals surface area contributed by atoms with Gasteiger partial charge in [-0.2, -0.15) is 0 Å². The maximum Gasteiger partial charge on any atom is 0.243 e. The molecular formula is C11H22N2O2. The molecule has 1 aliphatic rings. The predicted octanol–water partition coefficient (Wildman–Crippen LogP) is 0.969. The summed E-state index contributed by atoms with van der Waals surface area (Å²) in [7, 11) is 1.68. The zero-order valence-corrected chi connectivity index (χ0v) is 10.2. The first-order valence-corrected chi connectivity index (χ1v) is 5.64. The topological polar surface area (TPSA) is 41.6 Å². The van der Waals surface area contributed by atoms with Crippen LogP contribution in [0.5, 0.6) is 0 Å². The zero-order chi connectivity index (χ0) is 11.5. The summed E-state index contributed by atoms with van der Waals surface area (Å²) in [5.41, 5.74) is -0.374. The van der Waals surface area contributed by atoms with Gasteiger partial charge in [-0.15, -0.1) is 0 Å². The van der Waals surface area contributed by atoms with Crippen molar-refractivity contribution >= 4 is 5.91 Å². The first kappa shape index (κ1) is 12.5. The number of ether oxygens (including phenoxy) is 1. The molecule has 0 saturated carbocycles. The van der Waals surface area contributed by atoms with E-state index in [0.29, 0.717) is 13.3 Å². The Balaban J connectivity index is 2.69. The van der Waals surface area contributed by atoms with Gasteiger partial charge < -0.3 is 9.64 Å². The third kappa shape index (κ3) is 2.32. The minimum absolute atomic E-state index is 0.198. The molecule has 88 valence electrons. The van der Waals surface area contributed by atoms with Crippen molar-refractivity contribution < 1.29 is 9.53 Å². The van der Waals surface area contributed by atoms with Crippen molar-refractivity contribution in [2.75, 3.05) is 20.4 Å². The van der Waals surface area contributed by atoms with E-state index in [1.807, 2.05) is 18.7 Å². The maximum atomic E-state index is 12.1. The molecule has 2 atom stereocenters.